The molecule has 0 fully saturated rings. The molecule has 2 aromatic carbocycles. The summed E-state index contributed by atoms with van der Waals surface area (Å²) in [6.07, 6.45) is 1.83. The Balaban J connectivity index is 1.94. The maximum absolute atomic E-state index is 11.7. The van der Waals surface area contributed by atoms with Crippen molar-refractivity contribution in [3.63, 3.8) is 0 Å². The lowest BCUT2D eigenvalue weighted by Gasteiger charge is -2.05. The maximum Gasteiger partial charge on any atom is 0.266 e. The maximum atomic E-state index is 11.7. The molecule has 1 aromatic heterocycles. The Labute approximate surface area is 125 Å². The number of ether oxygens (including phenoxy) is 1. The van der Waals surface area contributed by atoms with Gasteiger partial charge in [0, 0.05) is 0 Å². The van der Waals surface area contributed by atoms with Gasteiger partial charge in [0.25, 0.3) is 5.56 Å². The van der Waals surface area contributed by atoms with E-state index < -0.39 is 0 Å². The molecular weight excluding hydrogens is 282 g/mol. The first-order valence-corrected chi connectivity index (χ1v) is 7.25. The van der Waals surface area contributed by atoms with E-state index in [0.29, 0.717) is 9.20 Å². The van der Waals surface area contributed by atoms with E-state index >= 15 is 0 Å². The van der Waals surface area contributed by atoms with Crippen molar-refractivity contribution < 1.29 is 4.74 Å². The van der Waals surface area contributed by atoms with Gasteiger partial charge in [0.1, 0.15) is 11.5 Å². The van der Waals surface area contributed by atoms with E-state index in [0.717, 1.165) is 17.1 Å². The third kappa shape index (κ3) is 3.30. The smallest absolute Gasteiger partial charge is 0.266 e. The molecule has 0 aliphatic carbocycles. The lowest BCUT2D eigenvalue weighted by Crippen LogP contribution is -2.19. The Hall–Kier alpha value is -2.59. The molecule has 0 amide bonds. The van der Waals surface area contributed by atoms with E-state index in [-0.39, 0.29) is 5.56 Å². The Morgan fingerprint density at radius 2 is 1.81 bits per heavy atom. The highest BCUT2D eigenvalue weighted by atomic mass is 32.1. The summed E-state index contributed by atoms with van der Waals surface area (Å²) in [4.78, 5) is 14.3. The summed E-state index contributed by atoms with van der Waals surface area (Å²) in [6, 6.07) is 17.2. The van der Waals surface area contributed by atoms with Crippen molar-refractivity contribution >= 4 is 24.0 Å². The topological polar surface area (TPSA) is 42.1 Å². The van der Waals surface area contributed by atoms with Crippen molar-refractivity contribution in [3.05, 3.63) is 79.7 Å². The normalized spacial score (nSPS) is 11.5. The van der Waals surface area contributed by atoms with Gasteiger partial charge >= 0.3 is 0 Å². The third-order valence-corrected chi connectivity index (χ3v) is 3.72. The van der Waals surface area contributed by atoms with Crippen LogP contribution in [0, 0.1) is 0 Å². The summed E-state index contributed by atoms with van der Waals surface area (Å²) in [6.45, 7) is 3.74. The van der Waals surface area contributed by atoms with Gasteiger partial charge < -0.3 is 9.72 Å². The van der Waals surface area contributed by atoms with Crippen molar-refractivity contribution in [2.75, 3.05) is 0 Å². The monoisotopic (exact) mass is 295 g/mol. The fourth-order valence-electron chi connectivity index (χ4n) is 1.93. The van der Waals surface area contributed by atoms with Crippen molar-refractivity contribution in [2.45, 2.75) is 0 Å². The standard InChI is InChI=1S/C17H13NO2S/c1-12-18-17(19)16(21-12)11-13-6-5-9-15(10-13)20-14-7-3-2-4-8-14/h2-11H,1H2,(H,18,19)/b16-11-. The number of hydrogen-bond acceptors (Lipinski definition) is 3. The molecule has 0 aliphatic rings. The highest BCUT2D eigenvalue weighted by Crippen LogP contribution is 2.21. The molecule has 0 atom stereocenters. The van der Waals surface area contributed by atoms with Gasteiger partial charge in [-0.25, -0.2) is 0 Å². The van der Waals surface area contributed by atoms with Gasteiger partial charge in [0.05, 0.1) is 9.20 Å². The van der Waals surface area contributed by atoms with E-state index in [2.05, 4.69) is 11.6 Å². The molecular formula is C17H13NO2S. The fourth-order valence-corrected chi connectivity index (χ4v) is 2.68. The Morgan fingerprint density at radius 1 is 1.05 bits per heavy atom. The second-order valence-corrected chi connectivity index (χ2v) is 5.61. The molecule has 0 aliphatic heterocycles. The van der Waals surface area contributed by atoms with Gasteiger partial charge in [-0.2, -0.15) is 0 Å². The van der Waals surface area contributed by atoms with E-state index in [1.807, 2.05) is 60.7 Å². The van der Waals surface area contributed by atoms with Crippen LogP contribution in [0.3, 0.4) is 0 Å². The quantitative estimate of drug-likeness (QED) is 0.806. The molecule has 0 unspecified atom stereocenters. The van der Waals surface area contributed by atoms with Crippen LogP contribution in [-0.4, -0.2) is 4.98 Å². The second-order valence-electron chi connectivity index (χ2n) is 4.48. The Morgan fingerprint density at radius 3 is 2.52 bits per heavy atom. The minimum atomic E-state index is -0.112. The number of thiazole rings is 1. The van der Waals surface area contributed by atoms with Gasteiger partial charge in [0.15, 0.2) is 0 Å². The molecule has 3 aromatic rings. The largest absolute Gasteiger partial charge is 0.457 e. The second kappa shape index (κ2) is 5.81. The van der Waals surface area contributed by atoms with Crippen molar-refractivity contribution in [1.29, 1.82) is 0 Å². The molecule has 104 valence electrons. The van der Waals surface area contributed by atoms with Gasteiger partial charge in [-0.1, -0.05) is 36.9 Å². The molecule has 1 N–H and O–H groups in total. The van der Waals surface area contributed by atoms with Gasteiger partial charge in [0.2, 0.25) is 0 Å². The van der Waals surface area contributed by atoms with E-state index in [1.54, 1.807) is 0 Å². The summed E-state index contributed by atoms with van der Waals surface area (Å²) in [5.74, 6) is 1.52. The molecule has 21 heavy (non-hydrogen) atoms. The number of benzene rings is 2. The van der Waals surface area contributed by atoms with Crippen LogP contribution in [0.2, 0.25) is 0 Å². The summed E-state index contributed by atoms with van der Waals surface area (Å²) in [5, 5.41) is 0. The van der Waals surface area contributed by atoms with Gasteiger partial charge in [-0.05, 0) is 35.9 Å². The number of para-hydroxylation sites is 1. The minimum absolute atomic E-state index is 0.112. The van der Waals surface area contributed by atoms with Crippen LogP contribution in [0.25, 0.3) is 12.7 Å². The van der Waals surface area contributed by atoms with Crippen LogP contribution in [0.5, 0.6) is 11.5 Å². The number of aromatic amines is 1. The molecule has 0 bridgehead atoms. The summed E-state index contributed by atoms with van der Waals surface area (Å²) in [7, 11) is 0. The lowest BCUT2D eigenvalue weighted by molar-refractivity contribution is 0.482. The summed E-state index contributed by atoms with van der Waals surface area (Å²) < 4.78 is 7.07. The first-order chi connectivity index (χ1) is 10.2. The minimum Gasteiger partial charge on any atom is -0.457 e. The number of hydrogen-bond donors (Lipinski definition) is 1. The van der Waals surface area contributed by atoms with Crippen LogP contribution in [0.1, 0.15) is 5.56 Å². The summed E-state index contributed by atoms with van der Waals surface area (Å²) >= 11 is 1.34. The van der Waals surface area contributed by atoms with Crippen molar-refractivity contribution in [1.82, 2.24) is 4.98 Å². The van der Waals surface area contributed by atoms with Crippen molar-refractivity contribution in [2.24, 2.45) is 0 Å². The molecule has 0 spiro atoms. The molecule has 1 heterocycles. The average molecular weight is 295 g/mol. The third-order valence-electron chi connectivity index (χ3n) is 2.84. The van der Waals surface area contributed by atoms with Crippen LogP contribution in [0.4, 0.5) is 0 Å². The zero-order valence-electron chi connectivity index (χ0n) is 11.2. The predicted octanol–water partition coefficient (Wildman–Crippen LogP) is 2.47. The van der Waals surface area contributed by atoms with Crippen LogP contribution in [-0.2, 0) is 0 Å². The first-order valence-electron chi connectivity index (χ1n) is 6.43. The van der Waals surface area contributed by atoms with E-state index in [9.17, 15) is 4.79 Å². The Kier molecular flexibility index (Phi) is 3.71. The predicted molar refractivity (Wildman–Crippen MR) is 86.2 cm³/mol. The SMILES string of the molecule is C=c1[nH]c(=O)/c(=C/c2cccc(Oc3ccccc3)c2)s1. The molecule has 0 saturated carbocycles. The zero-order valence-corrected chi connectivity index (χ0v) is 12.0. The number of aromatic nitrogens is 1. The molecule has 0 saturated heterocycles. The van der Waals surface area contributed by atoms with Gasteiger partial charge in [-0.15, -0.1) is 11.3 Å². The number of nitrogens with one attached hydrogen (secondary N) is 1. The highest BCUT2D eigenvalue weighted by molar-refractivity contribution is 7.07. The number of H-pyrrole nitrogens is 1. The van der Waals surface area contributed by atoms with Crippen LogP contribution < -0.4 is 19.5 Å². The first kappa shape index (κ1) is 13.4. The molecule has 3 nitrogen and oxygen atoms in total. The van der Waals surface area contributed by atoms with Crippen LogP contribution >= 0.6 is 11.3 Å². The average Bonchev–Trinajstić information content (AvgIpc) is 2.78. The van der Waals surface area contributed by atoms with Gasteiger partial charge in [-0.3, -0.25) is 4.79 Å². The lowest BCUT2D eigenvalue weighted by atomic mass is 10.2. The number of rotatable bonds is 3. The molecule has 3 rings (SSSR count). The van der Waals surface area contributed by atoms with E-state index in [1.165, 1.54) is 11.3 Å². The molecule has 0 radical (unpaired) electrons. The highest BCUT2D eigenvalue weighted by Gasteiger charge is 1.98. The molecule has 4 heteroatoms. The Bertz CT molecular complexity index is 910. The van der Waals surface area contributed by atoms with E-state index in [4.69, 9.17) is 4.74 Å². The summed E-state index contributed by atoms with van der Waals surface area (Å²) in [5.41, 5.74) is 0.801. The van der Waals surface area contributed by atoms with Crippen LogP contribution in [0.15, 0.2) is 59.4 Å². The fraction of sp³-hybridized carbons (Fsp3) is 0. The zero-order chi connectivity index (χ0) is 14.7. The van der Waals surface area contributed by atoms with Crippen molar-refractivity contribution in [3.8, 4) is 11.5 Å².